The SMILES string of the molecule is CC(N)Cc1cc(C(C)(C)C)cc2ccoc12.Cl. The molecule has 100 valence electrons. The summed E-state index contributed by atoms with van der Waals surface area (Å²) >= 11 is 0. The summed E-state index contributed by atoms with van der Waals surface area (Å²) in [5, 5.41) is 1.17. The monoisotopic (exact) mass is 267 g/mol. The predicted octanol–water partition coefficient (Wildman–Crippen LogP) is 4.04. The summed E-state index contributed by atoms with van der Waals surface area (Å²) in [6.07, 6.45) is 2.61. The first kappa shape index (κ1) is 15.1. The Morgan fingerprint density at radius 3 is 2.50 bits per heavy atom. The molecule has 2 aromatic rings. The Bertz CT molecular complexity index is 523. The molecule has 0 aliphatic rings. The van der Waals surface area contributed by atoms with Gasteiger partial charge in [-0.25, -0.2) is 0 Å². The van der Waals surface area contributed by atoms with Crippen LogP contribution in [0, 0.1) is 0 Å². The van der Waals surface area contributed by atoms with Crippen LogP contribution < -0.4 is 5.73 Å². The minimum atomic E-state index is 0. The van der Waals surface area contributed by atoms with E-state index in [0.717, 1.165) is 12.0 Å². The van der Waals surface area contributed by atoms with Crippen LogP contribution >= 0.6 is 12.4 Å². The van der Waals surface area contributed by atoms with E-state index in [2.05, 4.69) is 32.9 Å². The Balaban J connectivity index is 0.00000162. The number of halogens is 1. The lowest BCUT2D eigenvalue weighted by atomic mass is 9.85. The van der Waals surface area contributed by atoms with Crippen molar-refractivity contribution in [3.63, 3.8) is 0 Å². The molecule has 1 aromatic carbocycles. The zero-order valence-corrected chi connectivity index (χ0v) is 12.3. The molecule has 0 amide bonds. The van der Waals surface area contributed by atoms with Crippen LogP contribution in [0.4, 0.5) is 0 Å². The highest BCUT2D eigenvalue weighted by Gasteiger charge is 2.17. The third-order valence-electron chi connectivity index (χ3n) is 3.04. The van der Waals surface area contributed by atoms with Crippen LogP contribution in [-0.2, 0) is 11.8 Å². The van der Waals surface area contributed by atoms with Gasteiger partial charge in [-0.2, -0.15) is 0 Å². The first-order valence-corrected chi connectivity index (χ1v) is 6.14. The maximum Gasteiger partial charge on any atom is 0.137 e. The third-order valence-corrected chi connectivity index (χ3v) is 3.04. The fourth-order valence-corrected chi connectivity index (χ4v) is 2.09. The molecular weight excluding hydrogens is 246 g/mol. The molecule has 1 atom stereocenters. The minimum absolute atomic E-state index is 0. The molecule has 1 heterocycles. The van der Waals surface area contributed by atoms with Gasteiger partial charge in [-0.15, -0.1) is 12.4 Å². The van der Waals surface area contributed by atoms with Crippen LogP contribution in [0.15, 0.2) is 28.9 Å². The second-order valence-electron chi connectivity index (χ2n) is 5.91. The molecule has 0 fully saturated rings. The van der Waals surface area contributed by atoms with Gasteiger partial charge in [0.1, 0.15) is 5.58 Å². The molecule has 2 rings (SSSR count). The van der Waals surface area contributed by atoms with Gasteiger partial charge in [-0.05, 0) is 42.0 Å². The van der Waals surface area contributed by atoms with Gasteiger partial charge in [0.25, 0.3) is 0 Å². The number of fused-ring (bicyclic) bond motifs is 1. The average molecular weight is 268 g/mol. The summed E-state index contributed by atoms with van der Waals surface area (Å²) < 4.78 is 5.56. The van der Waals surface area contributed by atoms with E-state index in [0.29, 0.717) is 0 Å². The molecule has 1 unspecified atom stereocenters. The fourth-order valence-electron chi connectivity index (χ4n) is 2.09. The summed E-state index contributed by atoms with van der Waals surface area (Å²) in [5.74, 6) is 0. The Kier molecular flexibility index (Phi) is 4.46. The lowest BCUT2D eigenvalue weighted by Crippen LogP contribution is -2.19. The maximum absolute atomic E-state index is 5.90. The zero-order valence-electron chi connectivity index (χ0n) is 11.5. The molecule has 0 saturated heterocycles. The highest BCUT2D eigenvalue weighted by Crippen LogP contribution is 2.30. The summed E-state index contributed by atoms with van der Waals surface area (Å²) in [5.41, 5.74) is 9.58. The van der Waals surface area contributed by atoms with Gasteiger partial charge < -0.3 is 10.2 Å². The summed E-state index contributed by atoms with van der Waals surface area (Å²) in [6, 6.07) is 6.62. The van der Waals surface area contributed by atoms with Crippen LogP contribution in [-0.4, -0.2) is 6.04 Å². The van der Waals surface area contributed by atoms with Crippen LogP contribution in [0.25, 0.3) is 11.0 Å². The molecule has 0 aliphatic heterocycles. The lowest BCUT2D eigenvalue weighted by molar-refractivity contribution is 0.584. The standard InChI is InChI=1S/C15H21NO.ClH/c1-10(16)7-12-9-13(15(2,3)4)8-11-5-6-17-14(11)12;/h5-6,8-10H,7,16H2,1-4H3;1H. The van der Waals surface area contributed by atoms with Crippen LogP contribution in [0.3, 0.4) is 0 Å². The van der Waals surface area contributed by atoms with Crippen LogP contribution in [0.2, 0.25) is 0 Å². The van der Waals surface area contributed by atoms with E-state index in [-0.39, 0.29) is 23.9 Å². The molecule has 0 saturated carbocycles. The van der Waals surface area contributed by atoms with Crippen molar-refractivity contribution in [2.75, 3.05) is 0 Å². The van der Waals surface area contributed by atoms with Crippen molar-refractivity contribution in [2.24, 2.45) is 5.73 Å². The quantitative estimate of drug-likeness (QED) is 0.892. The minimum Gasteiger partial charge on any atom is -0.464 e. The molecular formula is C15H22ClNO. The number of hydrogen-bond acceptors (Lipinski definition) is 2. The second-order valence-corrected chi connectivity index (χ2v) is 5.91. The van der Waals surface area contributed by atoms with Crippen molar-refractivity contribution in [3.8, 4) is 0 Å². The van der Waals surface area contributed by atoms with Crippen molar-refractivity contribution < 1.29 is 4.42 Å². The summed E-state index contributed by atoms with van der Waals surface area (Å²) in [6.45, 7) is 8.70. The van der Waals surface area contributed by atoms with Crippen LogP contribution in [0.5, 0.6) is 0 Å². The van der Waals surface area contributed by atoms with E-state index >= 15 is 0 Å². The first-order chi connectivity index (χ1) is 7.88. The Morgan fingerprint density at radius 2 is 1.94 bits per heavy atom. The predicted molar refractivity (Wildman–Crippen MR) is 79.5 cm³/mol. The van der Waals surface area contributed by atoms with E-state index in [1.807, 2.05) is 13.0 Å². The van der Waals surface area contributed by atoms with E-state index in [4.69, 9.17) is 10.2 Å². The van der Waals surface area contributed by atoms with Crippen LogP contribution in [0.1, 0.15) is 38.8 Å². The summed E-state index contributed by atoms with van der Waals surface area (Å²) in [4.78, 5) is 0. The molecule has 3 heteroatoms. The number of rotatable bonds is 2. The van der Waals surface area contributed by atoms with Gasteiger partial charge in [0.15, 0.2) is 0 Å². The van der Waals surface area contributed by atoms with E-state index in [1.165, 1.54) is 16.5 Å². The Labute approximate surface area is 115 Å². The van der Waals surface area contributed by atoms with Gasteiger partial charge >= 0.3 is 0 Å². The Morgan fingerprint density at radius 1 is 1.28 bits per heavy atom. The molecule has 2 nitrogen and oxygen atoms in total. The van der Waals surface area contributed by atoms with Crippen molar-refractivity contribution >= 4 is 23.4 Å². The zero-order chi connectivity index (χ0) is 12.6. The van der Waals surface area contributed by atoms with Crippen molar-refractivity contribution in [2.45, 2.75) is 45.6 Å². The van der Waals surface area contributed by atoms with E-state index in [9.17, 15) is 0 Å². The van der Waals surface area contributed by atoms with Crippen molar-refractivity contribution in [1.82, 2.24) is 0 Å². The number of nitrogens with two attached hydrogens (primary N) is 1. The van der Waals surface area contributed by atoms with E-state index < -0.39 is 0 Å². The second kappa shape index (κ2) is 5.33. The maximum atomic E-state index is 5.90. The lowest BCUT2D eigenvalue weighted by Gasteiger charge is -2.20. The van der Waals surface area contributed by atoms with Crippen molar-refractivity contribution in [3.05, 3.63) is 35.6 Å². The molecule has 2 N–H and O–H groups in total. The van der Waals surface area contributed by atoms with Gasteiger partial charge in [0, 0.05) is 11.4 Å². The van der Waals surface area contributed by atoms with Gasteiger partial charge in [0.2, 0.25) is 0 Å². The molecule has 0 radical (unpaired) electrons. The molecule has 1 aromatic heterocycles. The smallest absolute Gasteiger partial charge is 0.137 e. The number of furan rings is 1. The number of hydrogen-bond donors (Lipinski definition) is 1. The molecule has 0 spiro atoms. The Hall–Kier alpha value is -0.990. The average Bonchev–Trinajstić information content (AvgIpc) is 2.62. The van der Waals surface area contributed by atoms with Gasteiger partial charge in [-0.1, -0.05) is 26.8 Å². The molecule has 18 heavy (non-hydrogen) atoms. The third kappa shape index (κ3) is 3.06. The molecule has 0 aliphatic carbocycles. The van der Waals surface area contributed by atoms with Crippen molar-refractivity contribution in [1.29, 1.82) is 0 Å². The first-order valence-electron chi connectivity index (χ1n) is 6.14. The fraction of sp³-hybridized carbons (Fsp3) is 0.467. The highest BCUT2D eigenvalue weighted by molar-refractivity contribution is 5.85. The van der Waals surface area contributed by atoms with Gasteiger partial charge in [0.05, 0.1) is 6.26 Å². The summed E-state index contributed by atoms with van der Waals surface area (Å²) in [7, 11) is 0. The number of benzene rings is 1. The van der Waals surface area contributed by atoms with E-state index in [1.54, 1.807) is 6.26 Å². The highest BCUT2D eigenvalue weighted by atomic mass is 35.5. The topological polar surface area (TPSA) is 39.2 Å². The largest absolute Gasteiger partial charge is 0.464 e. The molecule has 0 bridgehead atoms. The normalized spacial score (nSPS) is 13.4. The van der Waals surface area contributed by atoms with Gasteiger partial charge in [-0.3, -0.25) is 0 Å².